The molecule has 9 heteroatoms. The number of halogens is 2. The molecular formula is C12H6ClIN4O3. The molecule has 1 heterocycles. The van der Waals surface area contributed by atoms with Crippen molar-refractivity contribution < 1.29 is 9.66 Å². The molecule has 0 unspecified atom stereocenters. The largest absolute Gasteiger partial charge is 0.416 e. The molecule has 7 nitrogen and oxygen atoms in total. The topological polar surface area (TPSA) is 102 Å². The van der Waals surface area contributed by atoms with Gasteiger partial charge in [0, 0.05) is 24.0 Å². The van der Waals surface area contributed by atoms with Crippen molar-refractivity contribution in [3.63, 3.8) is 0 Å². The average Bonchev–Trinajstić information content (AvgIpc) is 2.49. The molecule has 1 aromatic heterocycles. The molecule has 0 fully saturated rings. The zero-order chi connectivity index (χ0) is 15.4. The van der Waals surface area contributed by atoms with Gasteiger partial charge in [-0.05, 0) is 28.7 Å². The molecule has 0 saturated carbocycles. The van der Waals surface area contributed by atoms with E-state index in [1.807, 2.05) is 28.7 Å². The van der Waals surface area contributed by atoms with E-state index in [9.17, 15) is 10.1 Å². The highest BCUT2D eigenvalue weighted by molar-refractivity contribution is 14.1. The van der Waals surface area contributed by atoms with Crippen LogP contribution in [0.25, 0.3) is 0 Å². The van der Waals surface area contributed by atoms with Crippen LogP contribution in [0.15, 0.2) is 24.5 Å². The van der Waals surface area contributed by atoms with E-state index in [0.29, 0.717) is 9.13 Å². The first-order chi connectivity index (χ1) is 10.0. The van der Waals surface area contributed by atoms with Crippen LogP contribution < -0.4 is 4.74 Å². The zero-order valence-corrected chi connectivity index (χ0v) is 13.2. The third-order valence-corrected chi connectivity index (χ3v) is 3.49. The summed E-state index contributed by atoms with van der Waals surface area (Å²) in [5.41, 5.74) is 0.563. The van der Waals surface area contributed by atoms with Crippen LogP contribution in [0.5, 0.6) is 11.8 Å². The van der Waals surface area contributed by atoms with E-state index >= 15 is 0 Å². The van der Waals surface area contributed by atoms with E-state index in [1.165, 1.54) is 18.5 Å². The van der Waals surface area contributed by atoms with E-state index < -0.39 is 4.92 Å². The first-order valence-electron chi connectivity index (χ1n) is 5.48. The second kappa shape index (κ2) is 6.64. The van der Waals surface area contributed by atoms with Gasteiger partial charge < -0.3 is 4.74 Å². The first-order valence-corrected chi connectivity index (χ1v) is 7.09. The summed E-state index contributed by atoms with van der Waals surface area (Å²) in [7, 11) is 0. The molecule has 0 radical (unpaired) electrons. The van der Waals surface area contributed by atoms with Gasteiger partial charge >= 0.3 is 11.7 Å². The van der Waals surface area contributed by atoms with Gasteiger partial charge in [-0.25, -0.2) is 9.97 Å². The van der Waals surface area contributed by atoms with Gasteiger partial charge in [0.2, 0.25) is 5.75 Å². The lowest BCUT2D eigenvalue weighted by Gasteiger charge is -2.07. The molecule has 2 rings (SSSR count). The van der Waals surface area contributed by atoms with Crippen LogP contribution in [0.1, 0.15) is 11.1 Å². The SMILES string of the molecule is N#Cc1cc(I)c(Oc2ncc(CCl)cn2)c([N+](=O)[O-])c1. The van der Waals surface area contributed by atoms with E-state index in [4.69, 9.17) is 21.6 Å². The molecule has 0 atom stereocenters. The molecule has 0 spiro atoms. The minimum Gasteiger partial charge on any atom is -0.416 e. The molecule has 0 bridgehead atoms. The maximum absolute atomic E-state index is 11.1. The fraction of sp³-hybridized carbons (Fsp3) is 0.0833. The van der Waals surface area contributed by atoms with Gasteiger partial charge in [-0.1, -0.05) is 0 Å². The molecule has 2 aromatic rings. The number of hydrogen-bond donors (Lipinski definition) is 0. The minimum absolute atomic E-state index is 0.00164. The van der Waals surface area contributed by atoms with Gasteiger partial charge in [-0.2, -0.15) is 5.26 Å². The molecule has 0 saturated heterocycles. The fourth-order valence-electron chi connectivity index (χ4n) is 1.44. The summed E-state index contributed by atoms with van der Waals surface area (Å²) < 4.78 is 5.80. The van der Waals surface area contributed by atoms with Gasteiger partial charge in [0.05, 0.1) is 26.0 Å². The summed E-state index contributed by atoms with van der Waals surface area (Å²) in [4.78, 5) is 18.3. The average molecular weight is 417 g/mol. The van der Waals surface area contributed by atoms with Crippen LogP contribution in [0.4, 0.5) is 5.69 Å². The minimum atomic E-state index is -0.620. The summed E-state index contributed by atoms with van der Waals surface area (Å²) in [6.45, 7) is 0. The summed E-state index contributed by atoms with van der Waals surface area (Å²) >= 11 is 7.47. The Morgan fingerprint density at radius 1 is 1.43 bits per heavy atom. The highest BCUT2D eigenvalue weighted by Gasteiger charge is 2.22. The zero-order valence-electron chi connectivity index (χ0n) is 10.3. The summed E-state index contributed by atoms with van der Waals surface area (Å²) in [5, 5.41) is 19.9. The third-order valence-electron chi connectivity index (χ3n) is 2.38. The lowest BCUT2D eigenvalue weighted by molar-refractivity contribution is -0.385. The molecular weight excluding hydrogens is 411 g/mol. The lowest BCUT2D eigenvalue weighted by atomic mass is 10.2. The van der Waals surface area contributed by atoms with Crippen molar-refractivity contribution in [1.29, 1.82) is 5.26 Å². The van der Waals surface area contributed by atoms with Gasteiger partial charge in [-0.3, -0.25) is 10.1 Å². The van der Waals surface area contributed by atoms with Crippen molar-refractivity contribution in [3.8, 4) is 17.8 Å². The molecule has 0 aliphatic rings. The van der Waals surface area contributed by atoms with Crippen LogP contribution in [-0.4, -0.2) is 14.9 Å². The Morgan fingerprint density at radius 3 is 2.62 bits per heavy atom. The Kier molecular flexibility index (Phi) is 4.87. The van der Waals surface area contributed by atoms with Crippen molar-refractivity contribution in [2.45, 2.75) is 5.88 Å². The highest BCUT2D eigenvalue weighted by Crippen LogP contribution is 2.35. The van der Waals surface area contributed by atoms with E-state index in [2.05, 4.69) is 9.97 Å². The number of nitro benzene ring substituents is 1. The number of nitriles is 1. The monoisotopic (exact) mass is 416 g/mol. The molecule has 0 aliphatic heterocycles. The Balaban J connectivity index is 2.43. The molecule has 0 aliphatic carbocycles. The molecule has 0 amide bonds. The lowest BCUT2D eigenvalue weighted by Crippen LogP contribution is -1.99. The van der Waals surface area contributed by atoms with Crippen molar-refractivity contribution in [3.05, 3.63) is 49.3 Å². The number of nitro groups is 1. The van der Waals surface area contributed by atoms with Gasteiger partial charge in [-0.15, -0.1) is 11.6 Å². The van der Waals surface area contributed by atoms with E-state index in [0.717, 1.165) is 6.07 Å². The van der Waals surface area contributed by atoms with E-state index in [1.54, 1.807) is 0 Å². The number of nitrogens with zero attached hydrogens (tertiary/aromatic N) is 4. The van der Waals surface area contributed by atoms with E-state index in [-0.39, 0.29) is 28.9 Å². The highest BCUT2D eigenvalue weighted by atomic mass is 127. The Morgan fingerprint density at radius 2 is 2.10 bits per heavy atom. The smallest absolute Gasteiger partial charge is 0.322 e. The van der Waals surface area contributed by atoms with Crippen LogP contribution in [0.2, 0.25) is 0 Å². The van der Waals surface area contributed by atoms with Crippen molar-refractivity contribution >= 4 is 39.9 Å². The number of ether oxygens (including phenoxy) is 1. The predicted octanol–water partition coefficient (Wildman–Crippen LogP) is 3.39. The maximum Gasteiger partial charge on any atom is 0.322 e. The number of rotatable bonds is 4. The normalized spacial score (nSPS) is 9.95. The van der Waals surface area contributed by atoms with Gasteiger partial charge in [0.15, 0.2) is 0 Å². The summed E-state index contributed by atoms with van der Waals surface area (Å²) in [6.07, 6.45) is 2.94. The second-order valence-electron chi connectivity index (χ2n) is 3.78. The van der Waals surface area contributed by atoms with Crippen LogP contribution in [0.3, 0.4) is 0 Å². The third kappa shape index (κ3) is 3.56. The standard InChI is InChI=1S/C12H6ClIN4O3/c13-3-8-5-16-12(17-6-8)21-11-9(14)1-7(4-15)2-10(11)18(19)20/h1-2,5-6H,3H2. The molecule has 1 aromatic carbocycles. The number of aromatic nitrogens is 2. The van der Waals surface area contributed by atoms with Gasteiger partial charge in [0.1, 0.15) is 0 Å². The number of hydrogen-bond acceptors (Lipinski definition) is 6. The Bertz CT molecular complexity index is 731. The van der Waals surface area contributed by atoms with Gasteiger partial charge in [0.25, 0.3) is 0 Å². The Hall–Kier alpha value is -1.99. The van der Waals surface area contributed by atoms with Crippen LogP contribution in [0, 0.1) is 25.0 Å². The van der Waals surface area contributed by atoms with Crippen molar-refractivity contribution in [1.82, 2.24) is 9.97 Å². The molecule has 106 valence electrons. The maximum atomic E-state index is 11.1. The summed E-state index contributed by atoms with van der Waals surface area (Å²) in [6, 6.07) is 4.45. The second-order valence-corrected chi connectivity index (χ2v) is 5.21. The van der Waals surface area contributed by atoms with Crippen molar-refractivity contribution in [2.75, 3.05) is 0 Å². The summed E-state index contributed by atoms with van der Waals surface area (Å²) in [5.74, 6) is 0.257. The first kappa shape index (κ1) is 15.4. The quantitative estimate of drug-likeness (QED) is 0.328. The molecule has 0 N–H and O–H groups in total. The number of benzene rings is 1. The van der Waals surface area contributed by atoms with Crippen LogP contribution in [-0.2, 0) is 5.88 Å². The van der Waals surface area contributed by atoms with Crippen molar-refractivity contribution in [2.24, 2.45) is 0 Å². The van der Waals surface area contributed by atoms with Crippen LogP contribution >= 0.6 is 34.2 Å². The fourth-order valence-corrected chi connectivity index (χ4v) is 2.30. The predicted molar refractivity (Wildman–Crippen MR) is 82.2 cm³/mol. The number of alkyl halides is 1. The Labute approximate surface area is 137 Å². The molecule has 21 heavy (non-hydrogen) atoms.